The number of rotatable bonds is 5. The first kappa shape index (κ1) is 12.8. The highest BCUT2D eigenvalue weighted by molar-refractivity contribution is 4.84. The van der Waals surface area contributed by atoms with Gasteiger partial charge in [-0.2, -0.15) is 13.2 Å². The molecule has 0 unspecified atom stereocenters. The van der Waals surface area contributed by atoms with E-state index in [2.05, 4.69) is 5.32 Å². The summed E-state index contributed by atoms with van der Waals surface area (Å²) < 4.78 is 35.8. The molecule has 0 aromatic rings. The van der Waals surface area contributed by atoms with Gasteiger partial charge in [0.1, 0.15) is 0 Å². The van der Waals surface area contributed by atoms with Gasteiger partial charge in [0.25, 0.3) is 0 Å². The van der Waals surface area contributed by atoms with Gasteiger partial charge in [-0.05, 0) is 19.3 Å². The van der Waals surface area contributed by atoms with Crippen molar-refractivity contribution in [3.63, 3.8) is 0 Å². The number of halogens is 3. The van der Waals surface area contributed by atoms with Crippen LogP contribution in [0.25, 0.3) is 0 Å². The SMILES string of the molecule is CCC(CC)(CC)NCC(F)(F)F. The zero-order valence-corrected chi connectivity index (χ0v) is 8.46. The third kappa shape index (κ3) is 4.50. The number of nitrogens with one attached hydrogen (secondary N) is 1. The lowest BCUT2D eigenvalue weighted by atomic mass is 9.90. The minimum atomic E-state index is -4.11. The molecule has 0 aliphatic carbocycles. The van der Waals surface area contributed by atoms with Crippen LogP contribution in [0.5, 0.6) is 0 Å². The van der Waals surface area contributed by atoms with Crippen molar-refractivity contribution < 1.29 is 13.2 Å². The third-order valence-electron chi connectivity index (χ3n) is 2.69. The lowest BCUT2D eigenvalue weighted by Gasteiger charge is -2.32. The van der Waals surface area contributed by atoms with E-state index in [1.807, 2.05) is 20.8 Å². The highest BCUT2D eigenvalue weighted by atomic mass is 19.4. The van der Waals surface area contributed by atoms with Gasteiger partial charge in [0, 0.05) is 5.54 Å². The van der Waals surface area contributed by atoms with E-state index in [1.54, 1.807) is 0 Å². The van der Waals surface area contributed by atoms with Gasteiger partial charge >= 0.3 is 6.18 Å². The van der Waals surface area contributed by atoms with Gasteiger partial charge in [-0.15, -0.1) is 0 Å². The molecule has 1 nitrogen and oxygen atoms in total. The summed E-state index contributed by atoms with van der Waals surface area (Å²) in [4.78, 5) is 0. The lowest BCUT2D eigenvalue weighted by Crippen LogP contribution is -2.47. The summed E-state index contributed by atoms with van der Waals surface area (Å²) in [5.74, 6) is 0. The molecule has 0 aromatic heterocycles. The highest BCUT2D eigenvalue weighted by Crippen LogP contribution is 2.21. The molecule has 0 aliphatic heterocycles. The maximum atomic E-state index is 11.9. The molecular weight excluding hydrogens is 179 g/mol. The van der Waals surface area contributed by atoms with Crippen LogP contribution in [0.2, 0.25) is 0 Å². The fourth-order valence-electron chi connectivity index (χ4n) is 1.41. The van der Waals surface area contributed by atoms with Crippen LogP contribution in [0, 0.1) is 0 Å². The Morgan fingerprint density at radius 1 is 0.923 bits per heavy atom. The van der Waals surface area contributed by atoms with E-state index < -0.39 is 12.7 Å². The summed E-state index contributed by atoms with van der Waals surface area (Å²) in [6, 6.07) is 0. The van der Waals surface area contributed by atoms with Crippen LogP contribution in [0.1, 0.15) is 40.0 Å². The number of hydrogen-bond acceptors (Lipinski definition) is 1. The van der Waals surface area contributed by atoms with Crippen molar-refractivity contribution in [3.8, 4) is 0 Å². The van der Waals surface area contributed by atoms with Crippen molar-refractivity contribution in [2.24, 2.45) is 0 Å². The first-order chi connectivity index (χ1) is 5.89. The van der Waals surface area contributed by atoms with E-state index >= 15 is 0 Å². The maximum absolute atomic E-state index is 11.9. The van der Waals surface area contributed by atoms with Gasteiger partial charge in [-0.25, -0.2) is 0 Å². The van der Waals surface area contributed by atoms with Crippen LogP contribution in [0.4, 0.5) is 13.2 Å². The van der Waals surface area contributed by atoms with Crippen LogP contribution in [0.3, 0.4) is 0 Å². The first-order valence-corrected chi connectivity index (χ1v) is 4.71. The Kier molecular flexibility index (Phi) is 4.75. The second-order valence-corrected chi connectivity index (χ2v) is 3.31. The van der Waals surface area contributed by atoms with Crippen LogP contribution < -0.4 is 5.32 Å². The molecule has 80 valence electrons. The Labute approximate surface area is 77.7 Å². The quantitative estimate of drug-likeness (QED) is 0.714. The minimum absolute atomic E-state index is 0.338. The average Bonchev–Trinajstić information content (AvgIpc) is 2.06. The van der Waals surface area contributed by atoms with Crippen molar-refractivity contribution >= 4 is 0 Å². The van der Waals surface area contributed by atoms with Crippen LogP contribution in [-0.2, 0) is 0 Å². The Balaban J connectivity index is 4.11. The summed E-state index contributed by atoms with van der Waals surface area (Å²) in [6.07, 6.45) is -1.91. The van der Waals surface area contributed by atoms with Crippen molar-refractivity contribution in [3.05, 3.63) is 0 Å². The van der Waals surface area contributed by atoms with Gasteiger partial charge in [0.15, 0.2) is 0 Å². The summed E-state index contributed by atoms with van der Waals surface area (Å²) >= 11 is 0. The van der Waals surface area contributed by atoms with Gasteiger partial charge in [-0.1, -0.05) is 20.8 Å². The van der Waals surface area contributed by atoms with Crippen LogP contribution >= 0.6 is 0 Å². The van der Waals surface area contributed by atoms with Crippen LogP contribution in [0.15, 0.2) is 0 Å². The predicted molar refractivity (Wildman–Crippen MR) is 47.7 cm³/mol. The fourth-order valence-corrected chi connectivity index (χ4v) is 1.41. The van der Waals surface area contributed by atoms with Gasteiger partial charge in [-0.3, -0.25) is 0 Å². The van der Waals surface area contributed by atoms with Gasteiger partial charge in [0.05, 0.1) is 6.54 Å². The lowest BCUT2D eigenvalue weighted by molar-refractivity contribution is -0.129. The Bertz CT molecular complexity index is 130. The summed E-state index contributed by atoms with van der Waals surface area (Å²) in [5, 5.41) is 2.60. The van der Waals surface area contributed by atoms with Crippen molar-refractivity contribution in [2.75, 3.05) is 6.54 Å². The maximum Gasteiger partial charge on any atom is 0.401 e. The molecule has 0 heterocycles. The van der Waals surface area contributed by atoms with Gasteiger partial charge < -0.3 is 5.32 Å². The molecule has 0 fully saturated rings. The van der Waals surface area contributed by atoms with Crippen LogP contribution in [-0.4, -0.2) is 18.3 Å². The van der Waals surface area contributed by atoms with Crippen molar-refractivity contribution in [2.45, 2.75) is 51.7 Å². The molecule has 4 heteroatoms. The second kappa shape index (κ2) is 4.84. The van der Waals surface area contributed by atoms with E-state index in [0.717, 1.165) is 19.3 Å². The largest absolute Gasteiger partial charge is 0.401 e. The second-order valence-electron chi connectivity index (χ2n) is 3.31. The predicted octanol–water partition coefficient (Wildman–Crippen LogP) is 3.11. The molecule has 1 N–H and O–H groups in total. The Hall–Kier alpha value is -0.250. The summed E-state index contributed by atoms with van der Waals surface area (Å²) in [6.45, 7) is 4.85. The molecule has 0 spiro atoms. The zero-order valence-electron chi connectivity index (χ0n) is 8.46. The molecule has 0 saturated heterocycles. The highest BCUT2D eigenvalue weighted by Gasteiger charge is 2.32. The molecule has 0 atom stereocenters. The summed E-state index contributed by atoms with van der Waals surface area (Å²) in [7, 11) is 0. The van der Waals surface area contributed by atoms with E-state index in [0.29, 0.717) is 0 Å². The van der Waals surface area contributed by atoms with E-state index in [4.69, 9.17) is 0 Å². The van der Waals surface area contributed by atoms with Crippen molar-refractivity contribution in [1.29, 1.82) is 0 Å². The zero-order chi connectivity index (χ0) is 10.5. The van der Waals surface area contributed by atoms with E-state index in [-0.39, 0.29) is 5.54 Å². The van der Waals surface area contributed by atoms with E-state index in [9.17, 15) is 13.2 Å². The summed E-state index contributed by atoms with van der Waals surface area (Å²) in [5.41, 5.74) is -0.338. The normalized spacial score (nSPS) is 13.4. The average molecular weight is 197 g/mol. The Morgan fingerprint density at radius 3 is 1.54 bits per heavy atom. The van der Waals surface area contributed by atoms with Crippen molar-refractivity contribution in [1.82, 2.24) is 5.32 Å². The smallest absolute Gasteiger partial charge is 0.303 e. The molecular formula is C9H18F3N. The molecule has 0 amide bonds. The first-order valence-electron chi connectivity index (χ1n) is 4.71. The molecule has 13 heavy (non-hydrogen) atoms. The van der Waals surface area contributed by atoms with Gasteiger partial charge in [0.2, 0.25) is 0 Å². The molecule has 0 radical (unpaired) electrons. The minimum Gasteiger partial charge on any atom is -0.303 e. The molecule has 0 bridgehead atoms. The topological polar surface area (TPSA) is 12.0 Å². The monoisotopic (exact) mass is 197 g/mol. The van der Waals surface area contributed by atoms with E-state index in [1.165, 1.54) is 0 Å². The standard InChI is InChI=1S/C9H18F3N/c1-4-8(5-2,6-3)13-7-9(10,11)12/h13H,4-7H2,1-3H3. The number of alkyl halides is 3. The number of hydrogen-bond donors (Lipinski definition) is 1. The molecule has 0 saturated carbocycles. The fraction of sp³-hybridized carbons (Fsp3) is 1.00. The molecule has 0 rings (SSSR count). The molecule has 0 aromatic carbocycles. The molecule has 0 aliphatic rings. The Morgan fingerprint density at radius 2 is 1.31 bits per heavy atom. The third-order valence-corrected chi connectivity index (χ3v) is 2.69.